The lowest BCUT2D eigenvalue weighted by Gasteiger charge is -2.37. The minimum absolute atomic E-state index is 0.158. The van der Waals surface area contributed by atoms with Crippen molar-refractivity contribution in [1.82, 2.24) is 5.43 Å². The molecule has 3 N–H and O–H groups in total. The smallest absolute Gasteiger partial charge is 0.137 e. The number of ether oxygens (including phenoxy) is 1. The zero-order chi connectivity index (χ0) is 13.9. The summed E-state index contributed by atoms with van der Waals surface area (Å²) < 4.78 is 5.31. The van der Waals surface area contributed by atoms with E-state index in [1.54, 1.807) is 7.11 Å². The Morgan fingerprint density at radius 1 is 1.42 bits per heavy atom. The first kappa shape index (κ1) is 14.6. The van der Waals surface area contributed by atoms with Crippen LogP contribution in [0.2, 0.25) is 5.02 Å². The van der Waals surface area contributed by atoms with E-state index in [0.717, 1.165) is 12.0 Å². The third kappa shape index (κ3) is 2.73. The molecule has 0 radical (unpaired) electrons. The van der Waals surface area contributed by atoms with Crippen molar-refractivity contribution in [2.45, 2.75) is 45.1 Å². The summed E-state index contributed by atoms with van der Waals surface area (Å²) >= 11 is 6.10. The molecule has 0 saturated heterocycles. The van der Waals surface area contributed by atoms with E-state index in [1.807, 2.05) is 18.2 Å². The van der Waals surface area contributed by atoms with E-state index in [0.29, 0.717) is 10.8 Å². The minimum atomic E-state index is 0.158. The van der Waals surface area contributed by atoms with Crippen LogP contribution in [0.5, 0.6) is 5.75 Å². The molecule has 4 heteroatoms. The van der Waals surface area contributed by atoms with Gasteiger partial charge in [-0.3, -0.25) is 11.3 Å². The van der Waals surface area contributed by atoms with Crippen molar-refractivity contribution in [3.05, 3.63) is 28.8 Å². The highest BCUT2D eigenvalue weighted by atomic mass is 35.5. The van der Waals surface area contributed by atoms with Gasteiger partial charge in [-0.2, -0.15) is 0 Å². The molecule has 2 rings (SSSR count). The highest BCUT2D eigenvalue weighted by Crippen LogP contribution is 2.50. The summed E-state index contributed by atoms with van der Waals surface area (Å²) in [6.45, 7) is 2.25. The standard InChI is InChI=1S/C15H23ClN2O/c1-3-15(8-4-5-9-15)14(18-17)11-6-7-12(16)13(10-11)19-2/h6-7,10,14,18H,3-5,8-9,17H2,1-2H3. The molecule has 1 aromatic carbocycles. The van der Waals surface area contributed by atoms with Crippen LogP contribution < -0.4 is 16.0 Å². The van der Waals surface area contributed by atoms with E-state index in [4.69, 9.17) is 22.2 Å². The van der Waals surface area contributed by atoms with Crippen LogP contribution in [0.25, 0.3) is 0 Å². The summed E-state index contributed by atoms with van der Waals surface area (Å²) in [5, 5.41) is 0.638. The number of benzene rings is 1. The lowest BCUT2D eigenvalue weighted by atomic mass is 9.73. The van der Waals surface area contributed by atoms with E-state index < -0.39 is 0 Å². The molecule has 1 fully saturated rings. The Morgan fingerprint density at radius 2 is 2.11 bits per heavy atom. The van der Waals surface area contributed by atoms with Gasteiger partial charge in [0.25, 0.3) is 0 Å². The summed E-state index contributed by atoms with van der Waals surface area (Å²) in [7, 11) is 1.64. The van der Waals surface area contributed by atoms with E-state index in [9.17, 15) is 0 Å². The van der Waals surface area contributed by atoms with Crippen molar-refractivity contribution < 1.29 is 4.74 Å². The number of rotatable bonds is 5. The zero-order valence-electron chi connectivity index (χ0n) is 11.7. The third-order valence-electron chi connectivity index (χ3n) is 4.59. The Labute approximate surface area is 120 Å². The van der Waals surface area contributed by atoms with Gasteiger partial charge >= 0.3 is 0 Å². The Bertz CT molecular complexity index is 430. The van der Waals surface area contributed by atoms with Gasteiger partial charge in [0.2, 0.25) is 0 Å². The summed E-state index contributed by atoms with van der Waals surface area (Å²) in [6.07, 6.45) is 6.16. The molecule has 106 valence electrons. The number of methoxy groups -OCH3 is 1. The second kappa shape index (κ2) is 6.12. The average Bonchev–Trinajstić information content (AvgIpc) is 2.91. The van der Waals surface area contributed by atoms with Gasteiger partial charge in [-0.1, -0.05) is 37.4 Å². The van der Waals surface area contributed by atoms with Crippen molar-refractivity contribution in [2.24, 2.45) is 11.3 Å². The molecule has 1 aliphatic carbocycles. The van der Waals surface area contributed by atoms with E-state index in [2.05, 4.69) is 12.3 Å². The largest absolute Gasteiger partial charge is 0.495 e. The summed E-state index contributed by atoms with van der Waals surface area (Å²) in [5.41, 5.74) is 4.44. The normalized spacial score (nSPS) is 19.4. The lowest BCUT2D eigenvalue weighted by molar-refractivity contribution is 0.187. The molecule has 0 heterocycles. The molecule has 19 heavy (non-hydrogen) atoms. The molecule has 0 bridgehead atoms. The van der Waals surface area contributed by atoms with Crippen molar-refractivity contribution in [3.63, 3.8) is 0 Å². The van der Waals surface area contributed by atoms with E-state index >= 15 is 0 Å². The van der Waals surface area contributed by atoms with Crippen molar-refractivity contribution in [3.8, 4) is 5.75 Å². The lowest BCUT2D eigenvalue weighted by Crippen LogP contribution is -2.40. The maximum absolute atomic E-state index is 6.10. The molecular formula is C15H23ClN2O. The maximum Gasteiger partial charge on any atom is 0.137 e. The average molecular weight is 283 g/mol. The van der Waals surface area contributed by atoms with Gasteiger partial charge in [-0.25, -0.2) is 0 Å². The second-order valence-corrected chi connectivity index (χ2v) is 5.82. The molecule has 1 saturated carbocycles. The Morgan fingerprint density at radius 3 is 2.63 bits per heavy atom. The van der Waals surface area contributed by atoms with Crippen molar-refractivity contribution >= 4 is 11.6 Å². The topological polar surface area (TPSA) is 47.3 Å². The van der Waals surface area contributed by atoms with Crippen LogP contribution in [0.4, 0.5) is 0 Å². The Kier molecular flexibility index (Phi) is 4.71. The molecule has 1 unspecified atom stereocenters. The fourth-order valence-electron chi connectivity index (χ4n) is 3.41. The first-order valence-corrected chi connectivity index (χ1v) is 7.34. The van der Waals surface area contributed by atoms with Crippen LogP contribution in [0.15, 0.2) is 18.2 Å². The van der Waals surface area contributed by atoms with Gasteiger partial charge in [0.1, 0.15) is 5.75 Å². The van der Waals surface area contributed by atoms with Crippen LogP contribution in [0.3, 0.4) is 0 Å². The molecule has 3 nitrogen and oxygen atoms in total. The first-order chi connectivity index (χ1) is 9.16. The molecule has 1 aliphatic rings. The summed E-state index contributed by atoms with van der Waals surface area (Å²) in [5.74, 6) is 6.56. The predicted molar refractivity (Wildman–Crippen MR) is 79.3 cm³/mol. The summed E-state index contributed by atoms with van der Waals surface area (Å²) in [4.78, 5) is 0. The quantitative estimate of drug-likeness (QED) is 0.637. The number of hydrogen-bond donors (Lipinski definition) is 2. The highest BCUT2D eigenvalue weighted by Gasteiger charge is 2.40. The van der Waals surface area contributed by atoms with Crippen LogP contribution in [0, 0.1) is 5.41 Å². The van der Waals surface area contributed by atoms with Gasteiger partial charge in [-0.05, 0) is 42.4 Å². The number of halogens is 1. The SMILES string of the molecule is CCC1(C(NN)c2ccc(Cl)c(OC)c2)CCCC1. The maximum atomic E-state index is 6.10. The fourth-order valence-corrected chi connectivity index (χ4v) is 3.60. The molecule has 0 aliphatic heterocycles. The van der Waals surface area contributed by atoms with Crippen LogP contribution in [0.1, 0.15) is 50.6 Å². The first-order valence-electron chi connectivity index (χ1n) is 6.96. The van der Waals surface area contributed by atoms with Gasteiger partial charge in [0.15, 0.2) is 0 Å². The molecular weight excluding hydrogens is 260 g/mol. The monoisotopic (exact) mass is 282 g/mol. The minimum Gasteiger partial charge on any atom is -0.495 e. The van der Waals surface area contributed by atoms with Crippen LogP contribution in [-0.4, -0.2) is 7.11 Å². The van der Waals surface area contributed by atoms with Crippen LogP contribution >= 0.6 is 11.6 Å². The second-order valence-electron chi connectivity index (χ2n) is 5.42. The Hall–Kier alpha value is -0.770. The van der Waals surface area contributed by atoms with E-state index in [1.165, 1.54) is 25.7 Å². The number of hydrogen-bond acceptors (Lipinski definition) is 3. The molecule has 0 amide bonds. The third-order valence-corrected chi connectivity index (χ3v) is 4.90. The fraction of sp³-hybridized carbons (Fsp3) is 0.600. The van der Waals surface area contributed by atoms with E-state index in [-0.39, 0.29) is 11.5 Å². The van der Waals surface area contributed by atoms with Gasteiger partial charge < -0.3 is 4.74 Å². The molecule has 1 aromatic rings. The van der Waals surface area contributed by atoms with Gasteiger partial charge in [0, 0.05) is 0 Å². The van der Waals surface area contributed by atoms with Crippen molar-refractivity contribution in [1.29, 1.82) is 0 Å². The van der Waals surface area contributed by atoms with Crippen LogP contribution in [-0.2, 0) is 0 Å². The van der Waals surface area contributed by atoms with Gasteiger partial charge in [0.05, 0.1) is 18.2 Å². The number of nitrogens with one attached hydrogen (secondary N) is 1. The Balaban J connectivity index is 2.36. The molecule has 0 aromatic heterocycles. The van der Waals surface area contributed by atoms with Gasteiger partial charge in [-0.15, -0.1) is 0 Å². The zero-order valence-corrected chi connectivity index (χ0v) is 12.5. The highest BCUT2D eigenvalue weighted by molar-refractivity contribution is 6.32. The number of nitrogens with two attached hydrogens (primary N) is 1. The van der Waals surface area contributed by atoms with Crippen molar-refractivity contribution in [2.75, 3.05) is 7.11 Å². The predicted octanol–water partition coefficient (Wildman–Crippen LogP) is 3.82. The molecule has 1 atom stereocenters. The molecule has 0 spiro atoms. The summed E-state index contributed by atoms with van der Waals surface area (Å²) in [6, 6.07) is 6.10. The number of hydrazine groups is 1.